The highest BCUT2D eigenvalue weighted by atomic mass is 16.5. The SMILES string of the molecule is CCCCCNC(=O)c1coc(CN2C(=O)COc3ccc(C)cc32)n1. The van der Waals surface area contributed by atoms with E-state index in [-0.39, 0.29) is 30.7 Å². The third-order valence-corrected chi connectivity index (χ3v) is 4.20. The average Bonchev–Trinajstić information content (AvgIpc) is 3.10. The van der Waals surface area contributed by atoms with E-state index in [0.717, 1.165) is 24.8 Å². The van der Waals surface area contributed by atoms with Crippen molar-refractivity contribution in [3.05, 3.63) is 41.6 Å². The molecule has 2 amide bonds. The molecule has 0 bridgehead atoms. The van der Waals surface area contributed by atoms with Crippen LogP contribution in [0, 0.1) is 6.92 Å². The second-order valence-electron chi connectivity index (χ2n) is 6.33. The molecule has 1 aliphatic heterocycles. The zero-order valence-electron chi connectivity index (χ0n) is 15.1. The predicted octanol–water partition coefficient (Wildman–Crippen LogP) is 2.83. The Labute approximate surface area is 152 Å². The van der Waals surface area contributed by atoms with Gasteiger partial charge in [0.2, 0.25) is 5.89 Å². The summed E-state index contributed by atoms with van der Waals surface area (Å²) in [4.78, 5) is 30.1. The maximum absolute atomic E-state index is 12.3. The van der Waals surface area contributed by atoms with Crippen molar-refractivity contribution in [2.75, 3.05) is 18.1 Å². The van der Waals surface area contributed by atoms with E-state index in [1.165, 1.54) is 6.26 Å². The molecule has 0 spiro atoms. The highest BCUT2D eigenvalue weighted by Gasteiger charge is 2.27. The number of aromatic nitrogens is 1. The molecule has 0 aliphatic carbocycles. The minimum Gasteiger partial charge on any atom is -0.482 e. The fourth-order valence-corrected chi connectivity index (χ4v) is 2.78. The number of nitrogens with zero attached hydrogens (tertiary/aromatic N) is 2. The van der Waals surface area contributed by atoms with Crippen LogP contribution in [-0.4, -0.2) is 29.9 Å². The van der Waals surface area contributed by atoms with Crippen molar-refractivity contribution >= 4 is 17.5 Å². The van der Waals surface area contributed by atoms with Gasteiger partial charge in [-0.3, -0.25) is 14.5 Å². The van der Waals surface area contributed by atoms with Crippen molar-refractivity contribution < 1.29 is 18.7 Å². The Morgan fingerprint density at radius 3 is 3.00 bits per heavy atom. The molecule has 138 valence electrons. The van der Waals surface area contributed by atoms with Crippen LogP contribution in [0.25, 0.3) is 0 Å². The van der Waals surface area contributed by atoms with Crippen LogP contribution in [0.5, 0.6) is 5.75 Å². The standard InChI is InChI=1S/C19H23N3O4/c1-3-4-5-8-20-19(24)14-11-26-17(21-14)10-22-15-9-13(2)6-7-16(15)25-12-18(22)23/h6-7,9,11H,3-5,8,10,12H2,1-2H3,(H,20,24). The molecule has 1 aromatic carbocycles. The van der Waals surface area contributed by atoms with E-state index in [1.54, 1.807) is 4.90 Å². The van der Waals surface area contributed by atoms with Crippen LogP contribution in [-0.2, 0) is 11.3 Å². The summed E-state index contributed by atoms with van der Waals surface area (Å²) in [7, 11) is 0. The summed E-state index contributed by atoms with van der Waals surface area (Å²) >= 11 is 0. The number of nitrogens with one attached hydrogen (secondary N) is 1. The first-order valence-corrected chi connectivity index (χ1v) is 8.85. The van der Waals surface area contributed by atoms with Crippen LogP contribution >= 0.6 is 0 Å². The summed E-state index contributed by atoms with van der Waals surface area (Å²) in [5.41, 5.74) is 1.93. The van der Waals surface area contributed by atoms with Crippen LogP contribution in [0.3, 0.4) is 0 Å². The molecule has 1 aromatic heterocycles. The number of carbonyl (C=O) groups is 2. The molecule has 26 heavy (non-hydrogen) atoms. The number of benzene rings is 1. The topological polar surface area (TPSA) is 84.7 Å². The van der Waals surface area contributed by atoms with Crippen molar-refractivity contribution in [1.82, 2.24) is 10.3 Å². The number of carbonyl (C=O) groups excluding carboxylic acids is 2. The van der Waals surface area contributed by atoms with Gasteiger partial charge in [-0.2, -0.15) is 0 Å². The van der Waals surface area contributed by atoms with Crippen LogP contribution < -0.4 is 15.0 Å². The van der Waals surface area contributed by atoms with Gasteiger partial charge in [-0.25, -0.2) is 4.98 Å². The molecule has 0 saturated heterocycles. The third-order valence-electron chi connectivity index (χ3n) is 4.20. The minimum atomic E-state index is -0.263. The zero-order chi connectivity index (χ0) is 18.5. The van der Waals surface area contributed by atoms with Crippen LogP contribution in [0.2, 0.25) is 0 Å². The quantitative estimate of drug-likeness (QED) is 0.770. The Morgan fingerprint density at radius 1 is 1.35 bits per heavy atom. The van der Waals surface area contributed by atoms with Crippen LogP contribution in [0.15, 0.2) is 28.9 Å². The van der Waals surface area contributed by atoms with Gasteiger partial charge in [0.15, 0.2) is 12.3 Å². The summed E-state index contributed by atoms with van der Waals surface area (Å²) in [6.45, 7) is 4.80. The Hall–Kier alpha value is -2.83. The van der Waals surface area contributed by atoms with Crippen LogP contribution in [0.4, 0.5) is 5.69 Å². The number of ether oxygens (including phenoxy) is 1. The second kappa shape index (κ2) is 8.03. The molecule has 7 nitrogen and oxygen atoms in total. The van der Waals surface area contributed by atoms with E-state index in [2.05, 4.69) is 17.2 Å². The van der Waals surface area contributed by atoms with Crippen molar-refractivity contribution in [2.24, 2.45) is 0 Å². The molecule has 0 atom stereocenters. The molecule has 1 aliphatic rings. The molecule has 1 N–H and O–H groups in total. The number of fused-ring (bicyclic) bond motifs is 1. The molecule has 2 aromatic rings. The van der Waals surface area contributed by atoms with Crippen molar-refractivity contribution in [3.8, 4) is 5.75 Å². The largest absolute Gasteiger partial charge is 0.482 e. The fraction of sp³-hybridized carbons (Fsp3) is 0.421. The number of aryl methyl sites for hydroxylation is 1. The zero-order valence-corrected chi connectivity index (χ0v) is 15.1. The molecule has 2 heterocycles. The summed E-state index contributed by atoms with van der Waals surface area (Å²) in [6, 6.07) is 5.66. The Morgan fingerprint density at radius 2 is 2.19 bits per heavy atom. The van der Waals surface area contributed by atoms with Crippen molar-refractivity contribution in [1.29, 1.82) is 0 Å². The van der Waals surface area contributed by atoms with E-state index in [4.69, 9.17) is 9.15 Å². The summed E-state index contributed by atoms with van der Waals surface area (Å²) in [5.74, 6) is 0.523. The first-order valence-electron chi connectivity index (χ1n) is 8.85. The molecule has 0 fully saturated rings. The second-order valence-corrected chi connectivity index (χ2v) is 6.33. The van der Waals surface area contributed by atoms with Gasteiger partial charge in [0.05, 0.1) is 5.69 Å². The van der Waals surface area contributed by atoms with Gasteiger partial charge in [-0.05, 0) is 31.0 Å². The number of rotatable bonds is 7. The summed E-state index contributed by atoms with van der Waals surface area (Å²) in [6.07, 6.45) is 4.43. The van der Waals surface area contributed by atoms with E-state index in [0.29, 0.717) is 23.9 Å². The van der Waals surface area contributed by atoms with Gasteiger partial charge in [0, 0.05) is 6.54 Å². The molecular weight excluding hydrogens is 334 g/mol. The van der Waals surface area contributed by atoms with Gasteiger partial charge in [-0.15, -0.1) is 0 Å². The Balaban J connectivity index is 1.68. The van der Waals surface area contributed by atoms with E-state index >= 15 is 0 Å². The van der Waals surface area contributed by atoms with E-state index in [9.17, 15) is 9.59 Å². The molecule has 3 rings (SSSR count). The normalized spacial score (nSPS) is 13.3. The Kier molecular flexibility index (Phi) is 5.55. The number of anilines is 1. The average molecular weight is 357 g/mol. The summed E-state index contributed by atoms with van der Waals surface area (Å²) < 4.78 is 10.9. The molecule has 7 heteroatoms. The first-order chi connectivity index (χ1) is 12.6. The predicted molar refractivity (Wildman–Crippen MR) is 96.2 cm³/mol. The number of hydrogen-bond donors (Lipinski definition) is 1. The highest BCUT2D eigenvalue weighted by molar-refractivity contribution is 5.97. The monoisotopic (exact) mass is 357 g/mol. The lowest BCUT2D eigenvalue weighted by atomic mass is 10.1. The van der Waals surface area contributed by atoms with Crippen molar-refractivity contribution in [3.63, 3.8) is 0 Å². The molecule has 0 unspecified atom stereocenters. The highest BCUT2D eigenvalue weighted by Crippen LogP contribution is 2.33. The number of hydrogen-bond acceptors (Lipinski definition) is 5. The van der Waals surface area contributed by atoms with Gasteiger partial charge in [-0.1, -0.05) is 25.8 Å². The van der Waals surface area contributed by atoms with Gasteiger partial charge < -0.3 is 14.5 Å². The minimum absolute atomic E-state index is 0.0262. The number of oxazole rings is 1. The van der Waals surface area contributed by atoms with Gasteiger partial charge in [0.25, 0.3) is 11.8 Å². The lowest BCUT2D eigenvalue weighted by Crippen LogP contribution is -2.38. The maximum Gasteiger partial charge on any atom is 0.273 e. The fourth-order valence-electron chi connectivity index (χ4n) is 2.78. The summed E-state index contributed by atoms with van der Waals surface area (Å²) in [5, 5.41) is 2.82. The first kappa shape index (κ1) is 18.0. The number of amides is 2. The lowest BCUT2D eigenvalue weighted by molar-refractivity contribution is -0.121. The molecular formula is C19H23N3O4. The lowest BCUT2D eigenvalue weighted by Gasteiger charge is -2.28. The van der Waals surface area contributed by atoms with Gasteiger partial charge >= 0.3 is 0 Å². The maximum atomic E-state index is 12.3. The molecule has 0 saturated carbocycles. The van der Waals surface area contributed by atoms with E-state index in [1.807, 2.05) is 25.1 Å². The van der Waals surface area contributed by atoms with E-state index < -0.39 is 0 Å². The third kappa shape index (κ3) is 4.04. The van der Waals surface area contributed by atoms with Crippen LogP contribution in [0.1, 0.15) is 48.1 Å². The smallest absolute Gasteiger partial charge is 0.273 e. The van der Waals surface area contributed by atoms with Gasteiger partial charge in [0.1, 0.15) is 18.6 Å². The number of unbranched alkanes of at least 4 members (excludes halogenated alkanes) is 2. The molecule has 0 radical (unpaired) electrons. The van der Waals surface area contributed by atoms with Crippen molar-refractivity contribution in [2.45, 2.75) is 39.7 Å². The Bertz CT molecular complexity index is 800.